The Morgan fingerprint density at radius 2 is 1.52 bits per heavy atom. The Labute approximate surface area is 144 Å². The Morgan fingerprint density at radius 3 is 2.08 bits per heavy atom. The van der Waals surface area contributed by atoms with Crippen LogP contribution in [-0.2, 0) is 19.3 Å². The van der Waals surface area contributed by atoms with Crippen molar-refractivity contribution in [3.8, 4) is 5.75 Å². The van der Waals surface area contributed by atoms with E-state index in [1.807, 2.05) is 24.3 Å². The number of rotatable bonds is 7. The van der Waals surface area contributed by atoms with Gasteiger partial charge in [-0.05, 0) is 42.0 Å². The van der Waals surface area contributed by atoms with E-state index < -0.39 is 23.6 Å². The molecule has 2 rings (SSSR count). The first-order valence-corrected chi connectivity index (χ1v) is 7.99. The fourth-order valence-corrected chi connectivity index (χ4v) is 2.77. The van der Waals surface area contributed by atoms with Gasteiger partial charge in [0.15, 0.2) is 0 Å². The number of ether oxygens (including phenoxy) is 1. The van der Waals surface area contributed by atoms with Crippen LogP contribution in [0.15, 0.2) is 42.5 Å². The lowest BCUT2D eigenvalue weighted by Gasteiger charge is -2.16. The lowest BCUT2D eigenvalue weighted by Crippen LogP contribution is -2.20. The van der Waals surface area contributed by atoms with Crippen LogP contribution in [0.4, 0.5) is 13.2 Å². The number of carboxylic acids is 1. The highest BCUT2D eigenvalue weighted by Gasteiger charge is 2.34. The zero-order valence-corrected chi connectivity index (χ0v) is 13.8. The maximum Gasteiger partial charge on any atom is 0.573 e. The summed E-state index contributed by atoms with van der Waals surface area (Å²) in [5.41, 5.74) is 1.93. The monoisotopic (exact) mass is 352 g/mol. The summed E-state index contributed by atoms with van der Waals surface area (Å²) in [4.78, 5) is 11.2. The molecule has 0 fully saturated rings. The van der Waals surface area contributed by atoms with Crippen molar-refractivity contribution in [1.82, 2.24) is 0 Å². The molecule has 0 aliphatic rings. The van der Waals surface area contributed by atoms with Crippen molar-refractivity contribution in [2.24, 2.45) is 0 Å². The summed E-state index contributed by atoms with van der Waals surface area (Å²) in [6, 6.07) is 11.8. The van der Waals surface area contributed by atoms with Crippen molar-refractivity contribution >= 4 is 5.97 Å². The number of alkyl halides is 3. The van der Waals surface area contributed by atoms with Gasteiger partial charge >= 0.3 is 12.3 Å². The van der Waals surface area contributed by atoms with E-state index in [1.165, 1.54) is 12.1 Å². The molecule has 1 N–H and O–H groups in total. The Bertz CT molecular complexity index is 739. The topological polar surface area (TPSA) is 46.5 Å². The number of aryl methyl sites for hydroxylation is 3. The smallest absolute Gasteiger partial charge is 0.478 e. The molecule has 0 heterocycles. The minimum absolute atomic E-state index is 0.225. The Hall–Kier alpha value is -2.50. The summed E-state index contributed by atoms with van der Waals surface area (Å²) in [5, 5.41) is 9.14. The van der Waals surface area contributed by atoms with Crippen LogP contribution in [0, 0.1) is 0 Å². The summed E-state index contributed by atoms with van der Waals surface area (Å²) in [7, 11) is 0. The molecular formula is C19H19F3O3. The maximum atomic E-state index is 12.7. The number of halogens is 3. The standard InChI is InChI=1S/C19H19F3O3/c1-2-6-13-7-3-4-8-14(13)11-12-15-9-5-10-16(18(23)24)17(15)25-19(20,21)22/h3-5,7-10H,2,6,11-12H2,1H3,(H,23,24). The van der Waals surface area contributed by atoms with Crippen molar-refractivity contribution in [2.75, 3.05) is 0 Å². The van der Waals surface area contributed by atoms with Crippen molar-refractivity contribution in [2.45, 2.75) is 39.0 Å². The molecule has 0 atom stereocenters. The largest absolute Gasteiger partial charge is 0.573 e. The highest BCUT2D eigenvalue weighted by Crippen LogP contribution is 2.31. The van der Waals surface area contributed by atoms with Gasteiger partial charge in [0.05, 0.1) is 0 Å². The number of para-hydroxylation sites is 1. The minimum atomic E-state index is -4.94. The lowest BCUT2D eigenvalue weighted by atomic mass is 9.96. The molecule has 0 bridgehead atoms. The summed E-state index contributed by atoms with van der Waals surface area (Å²) < 4.78 is 42.0. The maximum absolute atomic E-state index is 12.7. The Morgan fingerprint density at radius 1 is 0.960 bits per heavy atom. The molecule has 0 saturated carbocycles. The van der Waals surface area contributed by atoms with E-state index in [0.717, 1.165) is 30.0 Å². The van der Waals surface area contributed by atoms with Crippen molar-refractivity contribution < 1.29 is 27.8 Å². The molecule has 25 heavy (non-hydrogen) atoms. The third-order valence-electron chi connectivity index (χ3n) is 3.85. The molecule has 0 aromatic heterocycles. The zero-order chi connectivity index (χ0) is 18.4. The number of carbonyl (C=O) groups is 1. The van der Waals surface area contributed by atoms with E-state index in [4.69, 9.17) is 5.11 Å². The van der Waals surface area contributed by atoms with Crippen LogP contribution in [0.25, 0.3) is 0 Å². The van der Waals surface area contributed by atoms with E-state index in [0.29, 0.717) is 6.42 Å². The van der Waals surface area contributed by atoms with E-state index in [2.05, 4.69) is 11.7 Å². The van der Waals surface area contributed by atoms with Crippen LogP contribution in [0.1, 0.15) is 40.4 Å². The molecule has 0 radical (unpaired) electrons. The highest BCUT2D eigenvalue weighted by molar-refractivity contribution is 5.91. The molecule has 3 nitrogen and oxygen atoms in total. The van der Waals surface area contributed by atoms with Gasteiger partial charge in [-0.1, -0.05) is 49.7 Å². The van der Waals surface area contributed by atoms with E-state index in [9.17, 15) is 18.0 Å². The van der Waals surface area contributed by atoms with Crippen molar-refractivity contribution in [1.29, 1.82) is 0 Å². The van der Waals surface area contributed by atoms with Gasteiger partial charge in [0.2, 0.25) is 0 Å². The van der Waals surface area contributed by atoms with Crippen LogP contribution >= 0.6 is 0 Å². The Kier molecular flexibility index (Phi) is 6.07. The highest BCUT2D eigenvalue weighted by atomic mass is 19.4. The molecule has 6 heteroatoms. The molecule has 2 aromatic rings. The minimum Gasteiger partial charge on any atom is -0.478 e. The number of hydrogen-bond acceptors (Lipinski definition) is 2. The third kappa shape index (κ3) is 5.24. The molecule has 2 aromatic carbocycles. The van der Waals surface area contributed by atoms with Gasteiger partial charge in [-0.15, -0.1) is 13.2 Å². The molecule has 0 amide bonds. The number of hydrogen-bond donors (Lipinski definition) is 1. The third-order valence-corrected chi connectivity index (χ3v) is 3.85. The predicted molar refractivity (Wildman–Crippen MR) is 87.9 cm³/mol. The van der Waals surface area contributed by atoms with Gasteiger partial charge in [0, 0.05) is 0 Å². The van der Waals surface area contributed by atoms with E-state index >= 15 is 0 Å². The second-order valence-electron chi connectivity index (χ2n) is 5.67. The fraction of sp³-hybridized carbons (Fsp3) is 0.316. The average Bonchev–Trinajstić information content (AvgIpc) is 2.53. The molecular weight excluding hydrogens is 333 g/mol. The first-order valence-electron chi connectivity index (χ1n) is 7.99. The second kappa shape index (κ2) is 8.05. The van der Waals surface area contributed by atoms with Crippen LogP contribution in [-0.4, -0.2) is 17.4 Å². The Balaban J connectivity index is 2.30. The van der Waals surface area contributed by atoms with Gasteiger partial charge in [0.1, 0.15) is 11.3 Å². The molecule has 0 unspecified atom stereocenters. The first kappa shape index (κ1) is 18.8. The van der Waals surface area contributed by atoms with E-state index in [1.54, 1.807) is 0 Å². The molecule has 0 saturated heterocycles. The summed E-state index contributed by atoms with van der Waals surface area (Å²) in [6.07, 6.45) is -2.33. The number of aromatic carboxylic acids is 1. The predicted octanol–water partition coefficient (Wildman–Crippen LogP) is 5.02. The quantitative estimate of drug-likeness (QED) is 0.761. The molecule has 134 valence electrons. The van der Waals surface area contributed by atoms with Gasteiger partial charge in [0.25, 0.3) is 0 Å². The normalized spacial score (nSPS) is 11.4. The van der Waals surface area contributed by atoms with Gasteiger partial charge in [-0.25, -0.2) is 4.79 Å². The number of benzene rings is 2. The van der Waals surface area contributed by atoms with E-state index in [-0.39, 0.29) is 12.0 Å². The van der Waals surface area contributed by atoms with Crippen molar-refractivity contribution in [3.63, 3.8) is 0 Å². The zero-order valence-electron chi connectivity index (χ0n) is 13.8. The van der Waals surface area contributed by atoms with Gasteiger partial charge in [-0.3, -0.25) is 0 Å². The average molecular weight is 352 g/mol. The SMILES string of the molecule is CCCc1ccccc1CCc1cccc(C(=O)O)c1OC(F)(F)F. The van der Waals surface area contributed by atoms with Gasteiger partial charge in [-0.2, -0.15) is 0 Å². The first-order chi connectivity index (χ1) is 11.8. The summed E-state index contributed by atoms with van der Waals surface area (Å²) in [6.45, 7) is 2.06. The second-order valence-corrected chi connectivity index (χ2v) is 5.67. The van der Waals surface area contributed by atoms with Gasteiger partial charge < -0.3 is 9.84 Å². The van der Waals surface area contributed by atoms with Crippen LogP contribution in [0.3, 0.4) is 0 Å². The van der Waals surface area contributed by atoms with Crippen LogP contribution in [0.5, 0.6) is 5.75 Å². The molecule has 0 aliphatic heterocycles. The van der Waals surface area contributed by atoms with Crippen molar-refractivity contribution in [3.05, 3.63) is 64.7 Å². The summed E-state index contributed by atoms with van der Waals surface area (Å²) >= 11 is 0. The summed E-state index contributed by atoms with van der Waals surface area (Å²) in [5.74, 6) is -2.08. The van der Waals surface area contributed by atoms with Crippen LogP contribution in [0.2, 0.25) is 0 Å². The molecule has 0 aliphatic carbocycles. The lowest BCUT2D eigenvalue weighted by molar-refractivity contribution is -0.275. The fourth-order valence-electron chi connectivity index (χ4n) is 2.77. The van der Waals surface area contributed by atoms with Crippen LogP contribution < -0.4 is 4.74 Å². The molecule has 0 spiro atoms. The number of carboxylic acid groups (broad SMARTS) is 1.